The zero-order chi connectivity index (χ0) is 16.5. The number of nitrogens with zero attached hydrogens (tertiary/aromatic N) is 5. The third-order valence-electron chi connectivity index (χ3n) is 3.87. The second kappa shape index (κ2) is 6.01. The molecule has 1 atom stereocenters. The lowest BCUT2D eigenvalue weighted by Gasteiger charge is -2.16. The fourth-order valence-corrected chi connectivity index (χ4v) is 3.30. The third-order valence-corrected chi connectivity index (χ3v) is 4.55. The van der Waals surface area contributed by atoms with Crippen LogP contribution in [0.1, 0.15) is 18.8 Å². The number of rotatable bonds is 4. The summed E-state index contributed by atoms with van der Waals surface area (Å²) >= 11 is 1.64. The van der Waals surface area contributed by atoms with Gasteiger partial charge in [-0.25, -0.2) is 9.97 Å². The Bertz CT molecular complexity index is 976. The van der Waals surface area contributed by atoms with Crippen molar-refractivity contribution >= 4 is 28.1 Å². The highest BCUT2D eigenvalue weighted by Crippen LogP contribution is 2.28. The number of benzene rings is 1. The van der Waals surface area contributed by atoms with Gasteiger partial charge in [0, 0.05) is 23.4 Å². The van der Waals surface area contributed by atoms with Gasteiger partial charge in [0.1, 0.15) is 12.1 Å². The number of aryl methyl sites for hydroxylation is 1. The molecule has 0 saturated heterocycles. The van der Waals surface area contributed by atoms with Crippen LogP contribution in [-0.2, 0) is 7.05 Å². The van der Waals surface area contributed by atoms with Crippen molar-refractivity contribution < 1.29 is 0 Å². The molecule has 1 aromatic carbocycles. The molecule has 7 heteroatoms. The minimum Gasteiger partial charge on any atom is -0.360 e. The van der Waals surface area contributed by atoms with Crippen molar-refractivity contribution in [2.45, 2.75) is 13.0 Å². The molecule has 0 amide bonds. The summed E-state index contributed by atoms with van der Waals surface area (Å²) in [5.41, 5.74) is 1.95. The molecule has 1 N–H and O–H groups in total. The van der Waals surface area contributed by atoms with Gasteiger partial charge in [-0.2, -0.15) is 11.3 Å². The topological polar surface area (TPSA) is 68.5 Å². The molecule has 0 bridgehead atoms. The van der Waals surface area contributed by atoms with Gasteiger partial charge in [-0.3, -0.25) is 0 Å². The van der Waals surface area contributed by atoms with Crippen LogP contribution in [0.25, 0.3) is 22.3 Å². The lowest BCUT2D eigenvalue weighted by Crippen LogP contribution is -2.13. The summed E-state index contributed by atoms with van der Waals surface area (Å²) in [7, 11) is 1.93. The van der Waals surface area contributed by atoms with Crippen LogP contribution in [0.4, 0.5) is 5.82 Å². The van der Waals surface area contributed by atoms with E-state index in [4.69, 9.17) is 4.98 Å². The summed E-state index contributed by atoms with van der Waals surface area (Å²) in [4.78, 5) is 9.44. The number of thiophene rings is 1. The van der Waals surface area contributed by atoms with Gasteiger partial charge in [-0.15, -0.1) is 10.2 Å². The monoisotopic (exact) mass is 336 g/mol. The van der Waals surface area contributed by atoms with Crippen LogP contribution < -0.4 is 5.32 Å². The van der Waals surface area contributed by atoms with Gasteiger partial charge < -0.3 is 9.88 Å². The predicted molar refractivity (Wildman–Crippen MR) is 95.9 cm³/mol. The normalized spacial score (nSPS) is 12.4. The van der Waals surface area contributed by atoms with Crippen molar-refractivity contribution in [1.29, 1.82) is 0 Å². The van der Waals surface area contributed by atoms with Crippen molar-refractivity contribution in [3.63, 3.8) is 0 Å². The molecule has 24 heavy (non-hydrogen) atoms. The van der Waals surface area contributed by atoms with E-state index in [1.807, 2.05) is 54.3 Å². The molecular weight excluding hydrogens is 320 g/mol. The van der Waals surface area contributed by atoms with E-state index in [2.05, 4.69) is 25.9 Å². The molecular formula is C17H16N6S. The first kappa shape index (κ1) is 14.8. The summed E-state index contributed by atoms with van der Waals surface area (Å²) in [6.07, 6.45) is 1.70. The molecule has 0 unspecified atom stereocenters. The minimum absolute atomic E-state index is 0.0221. The lowest BCUT2D eigenvalue weighted by atomic mass is 10.2. The van der Waals surface area contributed by atoms with Crippen LogP contribution in [0.15, 0.2) is 47.4 Å². The van der Waals surface area contributed by atoms with Crippen molar-refractivity contribution in [1.82, 2.24) is 24.7 Å². The van der Waals surface area contributed by atoms with Crippen LogP contribution in [0, 0.1) is 0 Å². The van der Waals surface area contributed by atoms with Gasteiger partial charge in [0.15, 0.2) is 11.6 Å². The second-order valence-electron chi connectivity index (χ2n) is 5.59. The molecule has 0 aliphatic heterocycles. The maximum atomic E-state index is 4.75. The molecule has 0 radical (unpaired) electrons. The first-order valence-corrected chi connectivity index (χ1v) is 8.56. The van der Waals surface area contributed by atoms with E-state index in [-0.39, 0.29) is 6.04 Å². The Kier molecular flexibility index (Phi) is 3.70. The van der Waals surface area contributed by atoms with E-state index in [0.29, 0.717) is 0 Å². The minimum atomic E-state index is -0.0221. The lowest BCUT2D eigenvalue weighted by molar-refractivity contribution is 0.717. The van der Waals surface area contributed by atoms with Crippen LogP contribution >= 0.6 is 11.3 Å². The molecule has 6 nitrogen and oxygen atoms in total. The smallest absolute Gasteiger partial charge is 0.162 e. The number of nitrogens with one attached hydrogen (secondary N) is 1. The predicted octanol–water partition coefficient (Wildman–Crippen LogP) is 3.66. The summed E-state index contributed by atoms with van der Waals surface area (Å²) in [6.45, 7) is 2.05. The van der Waals surface area contributed by atoms with Crippen molar-refractivity contribution in [3.8, 4) is 11.4 Å². The van der Waals surface area contributed by atoms with Crippen molar-refractivity contribution in [2.75, 3.05) is 5.32 Å². The maximum absolute atomic E-state index is 4.75. The van der Waals surface area contributed by atoms with Crippen LogP contribution in [0.5, 0.6) is 0 Å². The zero-order valence-corrected chi connectivity index (χ0v) is 14.2. The standard InChI is InChI=1S/C17H16N6S/c1-11(17-22-18-10-23(17)2)19-16-13-5-3-4-6-14(13)20-15(21-16)12-7-8-24-9-12/h3-11H,1-2H3,(H,19,20,21)/t11-/m0/s1. The van der Waals surface area contributed by atoms with Gasteiger partial charge in [0.05, 0.1) is 11.6 Å². The van der Waals surface area contributed by atoms with Crippen molar-refractivity contribution in [3.05, 3.63) is 53.2 Å². The Hall–Kier alpha value is -2.80. The van der Waals surface area contributed by atoms with E-state index >= 15 is 0 Å². The maximum Gasteiger partial charge on any atom is 0.162 e. The molecule has 0 fully saturated rings. The van der Waals surface area contributed by atoms with E-state index in [1.165, 1.54) is 0 Å². The quantitative estimate of drug-likeness (QED) is 0.616. The molecule has 0 aliphatic rings. The highest BCUT2D eigenvalue weighted by Gasteiger charge is 2.15. The number of hydrogen-bond donors (Lipinski definition) is 1. The average molecular weight is 336 g/mol. The number of hydrogen-bond acceptors (Lipinski definition) is 6. The molecule has 4 aromatic rings. The summed E-state index contributed by atoms with van der Waals surface area (Å²) < 4.78 is 1.90. The van der Waals surface area contributed by atoms with Gasteiger partial charge in [0.25, 0.3) is 0 Å². The van der Waals surface area contributed by atoms with Gasteiger partial charge >= 0.3 is 0 Å². The average Bonchev–Trinajstić information content (AvgIpc) is 3.26. The summed E-state index contributed by atoms with van der Waals surface area (Å²) in [5.74, 6) is 2.38. The van der Waals surface area contributed by atoms with Crippen LogP contribution in [0.3, 0.4) is 0 Å². The van der Waals surface area contributed by atoms with Gasteiger partial charge in [0.2, 0.25) is 0 Å². The third kappa shape index (κ3) is 2.63. The van der Waals surface area contributed by atoms with Crippen LogP contribution in [-0.4, -0.2) is 24.7 Å². The summed E-state index contributed by atoms with van der Waals surface area (Å²) in [5, 5.41) is 16.7. The van der Waals surface area contributed by atoms with Crippen LogP contribution in [0.2, 0.25) is 0 Å². The molecule has 3 heterocycles. The fraction of sp³-hybridized carbons (Fsp3) is 0.176. The molecule has 0 spiro atoms. The van der Waals surface area contributed by atoms with Crippen molar-refractivity contribution in [2.24, 2.45) is 7.05 Å². The van der Waals surface area contributed by atoms with Gasteiger partial charge in [-0.05, 0) is 30.5 Å². The summed E-state index contributed by atoms with van der Waals surface area (Å²) in [6, 6.07) is 10.0. The Balaban J connectivity index is 1.80. The number of aromatic nitrogens is 5. The fourth-order valence-electron chi connectivity index (χ4n) is 2.66. The Morgan fingerprint density at radius 1 is 1.17 bits per heavy atom. The Morgan fingerprint density at radius 3 is 2.79 bits per heavy atom. The molecule has 3 aromatic heterocycles. The molecule has 0 saturated carbocycles. The Labute approximate surface area is 143 Å². The van der Waals surface area contributed by atoms with E-state index in [1.54, 1.807) is 17.7 Å². The molecule has 0 aliphatic carbocycles. The number of para-hydroxylation sites is 1. The second-order valence-corrected chi connectivity index (χ2v) is 6.37. The van der Waals surface area contributed by atoms with E-state index < -0.39 is 0 Å². The number of anilines is 1. The first-order valence-electron chi connectivity index (χ1n) is 7.62. The van der Waals surface area contributed by atoms with Gasteiger partial charge in [-0.1, -0.05) is 12.1 Å². The highest BCUT2D eigenvalue weighted by atomic mass is 32.1. The zero-order valence-electron chi connectivity index (χ0n) is 13.3. The van der Waals surface area contributed by atoms with E-state index in [9.17, 15) is 0 Å². The molecule has 4 rings (SSSR count). The number of fused-ring (bicyclic) bond motifs is 1. The SMILES string of the molecule is C[C@H](Nc1nc(-c2ccsc2)nc2ccccc12)c1nncn1C. The largest absolute Gasteiger partial charge is 0.360 e. The molecule has 120 valence electrons. The first-order chi connectivity index (χ1) is 11.7. The highest BCUT2D eigenvalue weighted by molar-refractivity contribution is 7.08. The van der Waals surface area contributed by atoms with E-state index in [0.717, 1.165) is 33.9 Å². The Morgan fingerprint density at radius 2 is 2.04 bits per heavy atom.